The van der Waals surface area contributed by atoms with E-state index in [2.05, 4.69) is 27.8 Å². The maximum atomic E-state index is 12.6. The van der Waals surface area contributed by atoms with Crippen LogP contribution in [0.1, 0.15) is 29.7 Å². The van der Waals surface area contributed by atoms with Gasteiger partial charge in [-0.2, -0.15) is 0 Å². The van der Waals surface area contributed by atoms with Crippen molar-refractivity contribution in [2.75, 3.05) is 5.33 Å². The largest absolute Gasteiger partial charge is 0.298 e. The minimum Gasteiger partial charge on any atom is -0.298 e. The number of hydrogen-bond acceptors (Lipinski definition) is 3. The van der Waals surface area contributed by atoms with E-state index in [0.717, 1.165) is 27.7 Å². The summed E-state index contributed by atoms with van der Waals surface area (Å²) < 4.78 is 1.81. The molecule has 0 unspecified atom stereocenters. The molecule has 102 valence electrons. The van der Waals surface area contributed by atoms with Gasteiger partial charge in [0.1, 0.15) is 4.83 Å². The van der Waals surface area contributed by atoms with Gasteiger partial charge in [0.15, 0.2) is 0 Å². The molecule has 2 heterocycles. The Labute approximate surface area is 124 Å². The number of hydrogen-bond donors (Lipinski definition) is 0. The lowest BCUT2D eigenvalue weighted by molar-refractivity contribution is 0.138. The summed E-state index contributed by atoms with van der Waals surface area (Å²) in [6.45, 7) is 4.86. The third kappa shape index (κ3) is 2.07. The van der Waals surface area contributed by atoms with Crippen LogP contribution in [-0.2, 0) is 6.54 Å². The van der Waals surface area contributed by atoms with Crippen LogP contribution in [0.5, 0.6) is 0 Å². The molecule has 2 aromatic heterocycles. The molecule has 0 amide bonds. The first-order chi connectivity index (χ1) is 9.06. The number of thiophene rings is 1. The lowest BCUT2D eigenvalue weighted by atomic mass is 9.70. The zero-order chi connectivity index (χ0) is 13.6. The van der Waals surface area contributed by atoms with Gasteiger partial charge in [-0.15, -0.1) is 11.3 Å². The van der Waals surface area contributed by atoms with Crippen LogP contribution in [0.4, 0.5) is 0 Å². The number of nitrogens with zero attached hydrogens (tertiary/aromatic N) is 2. The molecule has 0 bridgehead atoms. The minimum atomic E-state index is 0.124. The molecule has 3 nitrogen and oxygen atoms in total. The number of aromatic nitrogens is 2. The van der Waals surface area contributed by atoms with Gasteiger partial charge in [0.25, 0.3) is 5.56 Å². The van der Waals surface area contributed by atoms with Gasteiger partial charge in [-0.3, -0.25) is 9.36 Å². The molecule has 19 heavy (non-hydrogen) atoms. The number of halogens is 1. The molecule has 1 fully saturated rings. The smallest absolute Gasteiger partial charge is 0.262 e. The molecule has 0 radical (unpaired) electrons. The summed E-state index contributed by atoms with van der Waals surface area (Å²) in [5.74, 6) is 0. The molecule has 5 heteroatoms. The number of fused-ring (bicyclic) bond motifs is 1. The number of aryl methyl sites for hydroxylation is 2. The van der Waals surface area contributed by atoms with E-state index in [1.165, 1.54) is 24.1 Å². The molecule has 3 rings (SSSR count). The van der Waals surface area contributed by atoms with Crippen LogP contribution in [0.25, 0.3) is 10.2 Å². The third-order valence-corrected chi connectivity index (χ3v) is 6.66. The first-order valence-electron chi connectivity index (χ1n) is 6.57. The third-order valence-electron chi connectivity index (χ3n) is 4.36. The zero-order valence-electron chi connectivity index (χ0n) is 11.2. The predicted octanol–water partition coefficient (Wildman–Crippen LogP) is 3.64. The van der Waals surface area contributed by atoms with Crippen molar-refractivity contribution < 1.29 is 0 Å². The van der Waals surface area contributed by atoms with E-state index in [9.17, 15) is 4.79 Å². The summed E-state index contributed by atoms with van der Waals surface area (Å²) in [5, 5.41) is 1.78. The van der Waals surface area contributed by atoms with E-state index < -0.39 is 0 Å². The van der Waals surface area contributed by atoms with E-state index in [1.807, 2.05) is 11.5 Å². The van der Waals surface area contributed by atoms with Crippen molar-refractivity contribution in [1.29, 1.82) is 0 Å². The van der Waals surface area contributed by atoms with Crippen molar-refractivity contribution in [3.63, 3.8) is 0 Å². The van der Waals surface area contributed by atoms with Crippen molar-refractivity contribution in [3.8, 4) is 0 Å². The van der Waals surface area contributed by atoms with Crippen molar-refractivity contribution >= 4 is 37.5 Å². The quantitative estimate of drug-likeness (QED) is 0.799. The Morgan fingerprint density at radius 3 is 2.79 bits per heavy atom. The Bertz CT molecular complexity index is 679. The van der Waals surface area contributed by atoms with E-state index in [-0.39, 0.29) is 11.0 Å². The molecule has 0 N–H and O–H groups in total. The second-order valence-corrected chi connectivity index (χ2v) is 7.39. The fourth-order valence-electron chi connectivity index (χ4n) is 2.75. The van der Waals surface area contributed by atoms with Gasteiger partial charge in [-0.05, 0) is 37.7 Å². The Morgan fingerprint density at radius 2 is 2.21 bits per heavy atom. The topological polar surface area (TPSA) is 34.9 Å². The fourth-order valence-corrected chi connectivity index (χ4v) is 4.48. The summed E-state index contributed by atoms with van der Waals surface area (Å²) in [7, 11) is 0. The zero-order valence-corrected chi connectivity index (χ0v) is 13.6. The van der Waals surface area contributed by atoms with Crippen molar-refractivity contribution in [2.45, 2.75) is 39.7 Å². The number of rotatable bonds is 3. The average Bonchev–Trinajstić information content (AvgIpc) is 2.63. The molecule has 0 aliphatic heterocycles. The molecule has 2 aromatic rings. The van der Waals surface area contributed by atoms with Crippen LogP contribution >= 0.6 is 27.3 Å². The van der Waals surface area contributed by atoms with Crippen LogP contribution < -0.4 is 5.56 Å². The average molecular weight is 341 g/mol. The molecular formula is C14H17BrN2OS. The Morgan fingerprint density at radius 1 is 1.47 bits per heavy atom. The molecule has 1 aliphatic rings. The van der Waals surface area contributed by atoms with Crippen LogP contribution in [0, 0.1) is 19.3 Å². The second kappa shape index (κ2) is 4.70. The van der Waals surface area contributed by atoms with Gasteiger partial charge in [0.05, 0.1) is 11.7 Å². The summed E-state index contributed by atoms with van der Waals surface area (Å²) in [6.07, 6.45) is 5.39. The Balaban J connectivity index is 2.08. The highest BCUT2D eigenvalue weighted by molar-refractivity contribution is 9.09. The molecule has 0 aromatic carbocycles. The standard InChI is InChI=1S/C14H17BrN2OS/c1-9-10(2)19-12-11(9)13(18)17(8-16-12)7-14(6-15)4-3-5-14/h8H,3-7H2,1-2H3. The lowest BCUT2D eigenvalue weighted by Crippen LogP contribution is -2.39. The summed E-state index contributed by atoms with van der Waals surface area (Å²) >= 11 is 5.21. The van der Waals surface area contributed by atoms with Gasteiger partial charge in [-0.25, -0.2) is 4.98 Å². The van der Waals surface area contributed by atoms with Crippen LogP contribution in [0.3, 0.4) is 0 Å². The Kier molecular flexibility index (Phi) is 3.29. The molecule has 1 aliphatic carbocycles. The number of alkyl halides is 1. The summed E-state index contributed by atoms with van der Waals surface area (Å²) in [5.41, 5.74) is 1.48. The highest BCUT2D eigenvalue weighted by Gasteiger charge is 2.36. The van der Waals surface area contributed by atoms with Gasteiger partial charge in [-0.1, -0.05) is 22.4 Å². The summed E-state index contributed by atoms with van der Waals surface area (Å²) in [4.78, 5) is 19.1. The maximum Gasteiger partial charge on any atom is 0.262 e. The van der Waals surface area contributed by atoms with Gasteiger partial charge >= 0.3 is 0 Å². The molecule has 0 atom stereocenters. The van der Waals surface area contributed by atoms with Crippen LogP contribution in [0.2, 0.25) is 0 Å². The SMILES string of the molecule is Cc1sc2ncn(CC3(CBr)CCC3)c(=O)c2c1C. The van der Waals surface area contributed by atoms with Gasteiger partial charge < -0.3 is 0 Å². The first kappa shape index (κ1) is 13.3. The van der Waals surface area contributed by atoms with E-state index in [4.69, 9.17) is 0 Å². The van der Waals surface area contributed by atoms with E-state index >= 15 is 0 Å². The van der Waals surface area contributed by atoms with Crippen molar-refractivity contribution in [3.05, 3.63) is 27.1 Å². The predicted molar refractivity (Wildman–Crippen MR) is 83.4 cm³/mol. The van der Waals surface area contributed by atoms with E-state index in [1.54, 1.807) is 17.7 Å². The first-order valence-corrected chi connectivity index (χ1v) is 8.51. The van der Waals surface area contributed by atoms with Crippen LogP contribution in [-0.4, -0.2) is 14.9 Å². The molecule has 0 saturated heterocycles. The Hall–Kier alpha value is -0.680. The van der Waals surface area contributed by atoms with Crippen molar-refractivity contribution in [1.82, 2.24) is 9.55 Å². The minimum absolute atomic E-state index is 0.124. The highest BCUT2D eigenvalue weighted by Crippen LogP contribution is 2.43. The van der Waals surface area contributed by atoms with E-state index in [0.29, 0.717) is 0 Å². The lowest BCUT2D eigenvalue weighted by Gasteiger charge is -2.40. The normalized spacial score (nSPS) is 17.6. The molecule has 1 saturated carbocycles. The second-order valence-electron chi connectivity index (χ2n) is 5.63. The molecule has 0 spiro atoms. The monoisotopic (exact) mass is 340 g/mol. The van der Waals surface area contributed by atoms with Gasteiger partial charge in [0, 0.05) is 16.8 Å². The van der Waals surface area contributed by atoms with Crippen LogP contribution in [0.15, 0.2) is 11.1 Å². The highest BCUT2D eigenvalue weighted by atomic mass is 79.9. The summed E-state index contributed by atoms with van der Waals surface area (Å²) in [6, 6.07) is 0. The van der Waals surface area contributed by atoms with Gasteiger partial charge in [0.2, 0.25) is 0 Å². The van der Waals surface area contributed by atoms with Crippen molar-refractivity contribution in [2.24, 2.45) is 5.41 Å². The molecular weight excluding hydrogens is 324 g/mol. The maximum absolute atomic E-state index is 12.6. The fraction of sp³-hybridized carbons (Fsp3) is 0.571.